The molecule has 2 rings (SSSR count). The number of nitrogens with zero attached hydrogens (tertiary/aromatic N) is 3. The van der Waals surface area contributed by atoms with E-state index in [1.165, 1.54) is 6.42 Å². The number of hydrogen-bond acceptors (Lipinski definition) is 4. The molecule has 1 saturated heterocycles. The van der Waals surface area contributed by atoms with Crippen molar-refractivity contribution in [2.75, 3.05) is 24.5 Å². The van der Waals surface area contributed by atoms with Crippen LogP contribution in [0.25, 0.3) is 0 Å². The van der Waals surface area contributed by atoms with E-state index in [1.54, 1.807) is 0 Å². The van der Waals surface area contributed by atoms with Gasteiger partial charge in [0.1, 0.15) is 5.82 Å². The third-order valence-corrected chi connectivity index (χ3v) is 3.67. The molecule has 1 fully saturated rings. The lowest BCUT2D eigenvalue weighted by atomic mass is 9.84. The number of anilines is 1. The second-order valence-corrected chi connectivity index (χ2v) is 7.46. The van der Waals surface area contributed by atoms with E-state index in [0.29, 0.717) is 17.4 Å². The molecule has 0 radical (unpaired) electrons. The molecule has 0 saturated carbocycles. The van der Waals surface area contributed by atoms with Gasteiger partial charge < -0.3 is 10.2 Å². The molecule has 2 heterocycles. The van der Waals surface area contributed by atoms with Crippen molar-refractivity contribution in [3.05, 3.63) is 5.82 Å². The Balaban J connectivity index is 1.92. The summed E-state index contributed by atoms with van der Waals surface area (Å²) >= 11 is 0. The number of nitrogens with one attached hydrogen (secondary N) is 2. The monoisotopic (exact) mass is 279 g/mol. The van der Waals surface area contributed by atoms with Crippen molar-refractivity contribution < 1.29 is 0 Å². The average molecular weight is 279 g/mol. The van der Waals surface area contributed by atoms with Crippen LogP contribution in [0, 0.1) is 11.3 Å². The Morgan fingerprint density at radius 3 is 2.80 bits per heavy atom. The molecule has 2 atom stereocenters. The molecule has 1 unspecified atom stereocenters. The lowest BCUT2D eigenvalue weighted by molar-refractivity contribution is 0.304. The van der Waals surface area contributed by atoms with E-state index < -0.39 is 0 Å². The van der Waals surface area contributed by atoms with Crippen LogP contribution >= 0.6 is 0 Å². The molecule has 0 spiro atoms. The second-order valence-electron chi connectivity index (χ2n) is 7.46. The minimum atomic E-state index is 0.371. The van der Waals surface area contributed by atoms with E-state index in [-0.39, 0.29) is 0 Å². The van der Waals surface area contributed by atoms with Crippen molar-refractivity contribution in [2.45, 2.75) is 53.5 Å². The Bertz CT molecular complexity index is 420. The molecular weight excluding hydrogens is 250 g/mol. The van der Waals surface area contributed by atoms with E-state index in [0.717, 1.165) is 37.8 Å². The van der Waals surface area contributed by atoms with Crippen molar-refractivity contribution in [1.29, 1.82) is 0 Å². The Hall–Kier alpha value is -1.10. The largest absolute Gasteiger partial charge is 0.337 e. The highest BCUT2D eigenvalue weighted by atomic mass is 15.4. The van der Waals surface area contributed by atoms with Crippen LogP contribution in [-0.2, 0) is 6.42 Å². The first-order valence-electron chi connectivity index (χ1n) is 7.73. The Morgan fingerprint density at radius 1 is 1.40 bits per heavy atom. The average Bonchev–Trinajstić information content (AvgIpc) is 2.74. The normalized spacial score (nSPS) is 22.1. The molecule has 1 aromatic rings. The Labute approximate surface area is 122 Å². The molecule has 5 nitrogen and oxygen atoms in total. The minimum absolute atomic E-state index is 0.371. The summed E-state index contributed by atoms with van der Waals surface area (Å²) < 4.78 is 0. The third-order valence-electron chi connectivity index (χ3n) is 3.67. The summed E-state index contributed by atoms with van der Waals surface area (Å²) in [6.07, 6.45) is 2.18. The highest BCUT2D eigenvalue weighted by Gasteiger charge is 2.21. The highest BCUT2D eigenvalue weighted by molar-refractivity contribution is 5.30. The van der Waals surface area contributed by atoms with Crippen LogP contribution < -0.4 is 10.2 Å². The van der Waals surface area contributed by atoms with Crippen molar-refractivity contribution >= 4 is 5.95 Å². The summed E-state index contributed by atoms with van der Waals surface area (Å²) in [6, 6.07) is 0.505. The quantitative estimate of drug-likeness (QED) is 0.887. The number of rotatable bonds is 4. The van der Waals surface area contributed by atoms with Gasteiger partial charge in [0, 0.05) is 32.1 Å². The van der Waals surface area contributed by atoms with Crippen LogP contribution in [0.3, 0.4) is 0 Å². The fourth-order valence-electron chi connectivity index (χ4n) is 3.08. The Kier molecular flexibility index (Phi) is 4.68. The number of aromatic amines is 1. The maximum Gasteiger partial charge on any atom is 0.244 e. The third kappa shape index (κ3) is 4.47. The zero-order chi connectivity index (χ0) is 14.8. The van der Waals surface area contributed by atoms with Gasteiger partial charge in [0.05, 0.1) is 0 Å². The molecule has 114 valence electrons. The summed E-state index contributed by atoms with van der Waals surface area (Å²) in [6.45, 7) is 14.3. The summed E-state index contributed by atoms with van der Waals surface area (Å²) in [4.78, 5) is 6.93. The first-order valence-corrected chi connectivity index (χ1v) is 7.73. The van der Waals surface area contributed by atoms with Crippen LogP contribution in [0.5, 0.6) is 0 Å². The molecule has 0 aliphatic carbocycles. The van der Waals surface area contributed by atoms with Gasteiger partial charge in [-0.05, 0) is 24.7 Å². The highest BCUT2D eigenvalue weighted by Crippen LogP contribution is 2.26. The minimum Gasteiger partial charge on any atom is -0.337 e. The predicted octanol–water partition coefficient (Wildman–Crippen LogP) is 2.22. The van der Waals surface area contributed by atoms with E-state index in [9.17, 15) is 0 Å². The fraction of sp³-hybridized carbons (Fsp3) is 0.867. The number of H-pyrrole nitrogens is 1. The van der Waals surface area contributed by atoms with Gasteiger partial charge in [0.15, 0.2) is 0 Å². The molecule has 1 aliphatic rings. The molecule has 2 N–H and O–H groups in total. The van der Waals surface area contributed by atoms with Crippen LogP contribution in [0.4, 0.5) is 5.95 Å². The summed E-state index contributed by atoms with van der Waals surface area (Å²) in [7, 11) is 0. The summed E-state index contributed by atoms with van der Waals surface area (Å²) in [5.41, 5.74) is 0.371. The predicted molar refractivity (Wildman–Crippen MR) is 83.0 cm³/mol. The number of aromatic nitrogens is 3. The fourth-order valence-corrected chi connectivity index (χ4v) is 3.08. The second kappa shape index (κ2) is 6.12. The van der Waals surface area contributed by atoms with Gasteiger partial charge in [0.25, 0.3) is 0 Å². The van der Waals surface area contributed by atoms with Gasteiger partial charge in [-0.3, -0.25) is 5.10 Å². The summed E-state index contributed by atoms with van der Waals surface area (Å²) in [5, 5.41) is 10.9. The molecule has 0 bridgehead atoms. The maximum atomic E-state index is 4.67. The first kappa shape index (κ1) is 15.3. The molecule has 20 heavy (non-hydrogen) atoms. The smallest absolute Gasteiger partial charge is 0.244 e. The topological polar surface area (TPSA) is 56.8 Å². The van der Waals surface area contributed by atoms with Gasteiger partial charge in [0.2, 0.25) is 5.95 Å². The number of hydrogen-bond donors (Lipinski definition) is 2. The standard InChI is InChI=1S/C15H29N5/c1-11(9-15(3,4)5)8-13-17-14(19-18-13)20-7-6-16-12(2)10-20/h11-12,16H,6-10H2,1-5H3,(H,17,18,19)/t11?,12-/m0/s1. The van der Waals surface area contributed by atoms with Crippen molar-refractivity contribution in [1.82, 2.24) is 20.5 Å². The zero-order valence-electron chi connectivity index (χ0n) is 13.5. The molecule has 1 aromatic heterocycles. The molecule has 0 amide bonds. The lowest BCUT2D eigenvalue weighted by Crippen LogP contribution is -2.49. The van der Waals surface area contributed by atoms with E-state index >= 15 is 0 Å². The molecule has 0 aromatic carbocycles. The van der Waals surface area contributed by atoms with Crippen LogP contribution in [0.2, 0.25) is 0 Å². The number of piperazine rings is 1. The van der Waals surface area contributed by atoms with Crippen molar-refractivity contribution in [3.63, 3.8) is 0 Å². The van der Waals surface area contributed by atoms with Gasteiger partial charge >= 0.3 is 0 Å². The van der Waals surface area contributed by atoms with Gasteiger partial charge in [-0.1, -0.05) is 27.7 Å². The SMILES string of the molecule is CC(Cc1nc(N2CCN[C@@H](C)C2)n[nH]1)CC(C)(C)C. The zero-order valence-corrected chi connectivity index (χ0v) is 13.5. The van der Waals surface area contributed by atoms with Gasteiger partial charge in [-0.2, -0.15) is 4.98 Å². The van der Waals surface area contributed by atoms with Crippen molar-refractivity contribution in [3.8, 4) is 0 Å². The maximum absolute atomic E-state index is 4.67. The molecule has 1 aliphatic heterocycles. The van der Waals surface area contributed by atoms with E-state index in [2.05, 4.69) is 60.0 Å². The first-order chi connectivity index (χ1) is 9.33. The van der Waals surface area contributed by atoms with Crippen LogP contribution in [-0.4, -0.2) is 40.9 Å². The Morgan fingerprint density at radius 2 is 2.15 bits per heavy atom. The van der Waals surface area contributed by atoms with Crippen LogP contribution in [0.15, 0.2) is 0 Å². The van der Waals surface area contributed by atoms with Gasteiger partial charge in [-0.15, -0.1) is 5.10 Å². The molecule has 5 heteroatoms. The molecular formula is C15H29N5. The van der Waals surface area contributed by atoms with E-state index in [1.807, 2.05) is 0 Å². The summed E-state index contributed by atoms with van der Waals surface area (Å²) in [5.74, 6) is 2.50. The van der Waals surface area contributed by atoms with Gasteiger partial charge in [-0.25, -0.2) is 0 Å². The van der Waals surface area contributed by atoms with Crippen molar-refractivity contribution in [2.24, 2.45) is 11.3 Å². The lowest BCUT2D eigenvalue weighted by Gasteiger charge is -2.30. The van der Waals surface area contributed by atoms with E-state index in [4.69, 9.17) is 0 Å². The van der Waals surface area contributed by atoms with Crippen LogP contribution in [0.1, 0.15) is 46.9 Å².